The summed E-state index contributed by atoms with van der Waals surface area (Å²) in [5.74, 6) is 0.527. The van der Waals surface area contributed by atoms with Crippen molar-refractivity contribution in [3.63, 3.8) is 0 Å². The summed E-state index contributed by atoms with van der Waals surface area (Å²) in [6.45, 7) is 11.5. The van der Waals surface area contributed by atoms with E-state index in [1.165, 1.54) is 11.4 Å². The molecule has 0 saturated carbocycles. The number of ether oxygens (including phenoxy) is 1. The zero-order chi connectivity index (χ0) is 16.3. The van der Waals surface area contributed by atoms with Crippen LogP contribution in [0.2, 0.25) is 0 Å². The van der Waals surface area contributed by atoms with Crippen molar-refractivity contribution < 1.29 is 4.74 Å². The summed E-state index contributed by atoms with van der Waals surface area (Å²) in [5.41, 5.74) is 2.41. The zero-order valence-corrected chi connectivity index (χ0v) is 15.0. The Morgan fingerprint density at radius 3 is 2.68 bits per heavy atom. The van der Waals surface area contributed by atoms with Crippen LogP contribution in [0.5, 0.6) is 0 Å². The van der Waals surface area contributed by atoms with Gasteiger partial charge in [0.25, 0.3) is 0 Å². The lowest BCUT2D eigenvalue weighted by Gasteiger charge is -2.45. The number of aromatic nitrogens is 1. The lowest BCUT2D eigenvalue weighted by atomic mass is 9.94. The Kier molecular flexibility index (Phi) is 5.45. The SMILES string of the molecule is CCC(C)c1ccc(N2CCO[C@@H](C(C)(C)N(C)C)C2)cn1. The van der Waals surface area contributed by atoms with Crippen molar-refractivity contribution in [2.45, 2.75) is 51.7 Å². The second kappa shape index (κ2) is 6.97. The molecule has 1 aromatic rings. The van der Waals surface area contributed by atoms with E-state index in [1.807, 2.05) is 6.20 Å². The average Bonchev–Trinajstić information content (AvgIpc) is 2.54. The highest BCUT2D eigenvalue weighted by atomic mass is 16.5. The molecule has 1 fully saturated rings. The molecule has 1 aliphatic heterocycles. The van der Waals surface area contributed by atoms with Crippen molar-refractivity contribution in [2.75, 3.05) is 38.7 Å². The molecule has 1 unspecified atom stereocenters. The molecule has 2 heterocycles. The van der Waals surface area contributed by atoms with Crippen LogP contribution >= 0.6 is 0 Å². The van der Waals surface area contributed by atoms with Gasteiger partial charge in [0.05, 0.1) is 24.6 Å². The molecule has 0 aliphatic carbocycles. The lowest BCUT2D eigenvalue weighted by molar-refractivity contribution is -0.0484. The minimum absolute atomic E-state index is 0.0166. The Morgan fingerprint density at radius 1 is 1.41 bits per heavy atom. The first-order chi connectivity index (χ1) is 10.4. The van der Waals surface area contributed by atoms with Crippen molar-refractivity contribution >= 4 is 5.69 Å². The van der Waals surface area contributed by atoms with E-state index in [2.05, 4.69) is 68.7 Å². The molecule has 0 spiro atoms. The first kappa shape index (κ1) is 17.2. The first-order valence-corrected chi connectivity index (χ1v) is 8.36. The summed E-state index contributed by atoms with van der Waals surface area (Å²) >= 11 is 0. The fourth-order valence-electron chi connectivity index (χ4n) is 2.68. The van der Waals surface area contributed by atoms with Crippen LogP contribution in [0.3, 0.4) is 0 Å². The summed E-state index contributed by atoms with van der Waals surface area (Å²) in [7, 11) is 4.23. The number of rotatable bonds is 5. The van der Waals surface area contributed by atoms with Gasteiger partial charge in [-0.05, 0) is 52.4 Å². The standard InChI is InChI=1S/C18H31N3O/c1-7-14(2)16-9-8-15(12-19-16)21-10-11-22-17(13-21)18(3,4)20(5)6/h8-9,12,14,17H,7,10-11,13H2,1-6H3/t14?,17-/m1/s1. The van der Waals surface area contributed by atoms with E-state index in [0.29, 0.717) is 5.92 Å². The number of hydrogen-bond donors (Lipinski definition) is 0. The molecular formula is C18H31N3O. The Labute approximate surface area is 135 Å². The topological polar surface area (TPSA) is 28.6 Å². The van der Waals surface area contributed by atoms with Crippen molar-refractivity contribution in [2.24, 2.45) is 0 Å². The van der Waals surface area contributed by atoms with Crippen molar-refractivity contribution in [1.82, 2.24) is 9.88 Å². The van der Waals surface area contributed by atoms with E-state index < -0.39 is 0 Å². The van der Waals surface area contributed by atoms with E-state index in [4.69, 9.17) is 4.74 Å². The molecule has 0 aromatic carbocycles. The normalized spacial score (nSPS) is 21.2. The average molecular weight is 305 g/mol. The summed E-state index contributed by atoms with van der Waals surface area (Å²) in [5, 5.41) is 0. The third-order valence-electron chi connectivity index (χ3n) is 5.26. The van der Waals surface area contributed by atoms with Gasteiger partial charge in [-0.25, -0.2) is 0 Å². The van der Waals surface area contributed by atoms with E-state index in [-0.39, 0.29) is 11.6 Å². The maximum atomic E-state index is 6.03. The molecule has 0 amide bonds. The van der Waals surface area contributed by atoms with Gasteiger partial charge in [-0.15, -0.1) is 0 Å². The fraction of sp³-hybridized carbons (Fsp3) is 0.722. The third kappa shape index (κ3) is 3.61. The van der Waals surface area contributed by atoms with E-state index in [1.54, 1.807) is 0 Å². The Bertz CT molecular complexity index is 470. The Morgan fingerprint density at radius 2 is 2.14 bits per heavy atom. The molecule has 2 atom stereocenters. The zero-order valence-electron chi connectivity index (χ0n) is 15.0. The van der Waals surface area contributed by atoms with Crippen LogP contribution in [0.1, 0.15) is 45.7 Å². The van der Waals surface area contributed by atoms with Crippen LogP contribution in [0.25, 0.3) is 0 Å². The van der Waals surface area contributed by atoms with E-state index in [0.717, 1.165) is 26.1 Å². The summed E-state index contributed by atoms with van der Waals surface area (Å²) in [6.07, 6.45) is 3.35. The molecule has 0 N–H and O–H groups in total. The number of morpholine rings is 1. The molecule has 4 heteroatoms. The van der Waals surface area contributed by atoms with Crippen LogP contribution < -0.4 is 4.90 Å². The molecule has 2 rings (SSSR count). The Hall–Kier alpha value is -1.13. The monoisotopic (exact) mass is 305 g/mol. The molecule has 1 aromatic heterocycles. The van der Waals surface area contributed by atoms with E-state index >= 15 is 0 Å². The largest absolute Gasteiger partial charge is 0.373 e. The molecule has 0 radical (unpaired) electrons. The first-order valence-electron chi connectivity index (χ1n) is 8.36. The van der Waals surface area contributed by atoms with Gasteiger partial charge in [-0.1, -0.05) is 13.8 Å². The van der Waals surface area contributed by atoms with Crippen molar-refractivity contribution in [3.05, 3.63) is 24.0 Å². The van der Waals surface area contributed by atoms with Gasteiger partial charge in [0.2, 0.25) is 0 Å². The number of anilines is 1. The highest BCUT2D eigenvalue weighted by Gasteiger charge is 2.36. The smallest absolute Gasteiger partial charge is 0.0928 e. The maximum absolute atomic E-state index is 6.03. The van der Waals surface area contributed by atoms with Crippen molar-refractivity contribution in [1.29, 1.82) is 0 Å². The van der Waals surface area contributed by atoms with Crippen LogP contribution in [0.15, 0.2) is 18.3 Å². The van der Waals surface area contributed by atoms with Crippen LogP contribution in [-0.2, 0) is 4.74 Å². The quantitative estimate of drug-likeness (QED) is 0.835. The number of likely N-dealkylation sites (N-methyl/N-ethyl adjacent to an activating group) is 1. The molecule has 4 nitrogen and oxygen atoms in total. The highest BCUT2D eigenvalue weighted by molar-refractivity contribution is 5.45. The predicted octanol–water partition coefficient (Wildman–Crippen LogP) is 3.14. The summed E-state index contributed by atoms with van der Waals surface area (Å²) in [4.78, 5) is 9.29. The Balaban J connectivity index is 2.09. The molecule has 22 heavy (non-hydrogen) atoms. The molecular weight excluding hydrogens is 274 g/mol. The van der Waals surface area contributed by atoms with Crippen molar-refractivity contribution in [3.8, 4) is 0 Å². The van der Waals surface area contributed by atoms with Gasteiger partial charge in [-0.2, -0.15) is 0 Å². The second-order valence-corrected chi connectivity index (χ2v) is 7.10. The highest BCUT2D eigenvalue weighted by Crippen LogP contribution is 2.26. The van der Waals surface area contributed by atoms with Crippen LogP contribution in [-0.4, -0.2) is 55.3 Å². The minimum atomic E-state index is 0.0166. The third-order valence-corrected chi connectivity index (χ3v) is 5.26. The summed E-state index contributed by atoms with van der Waals surface area (Å²) in [6, 6.07) is 4.38. The van der Waals surface area contributed by atoms with E-state index in [9.17, 15) is 0 Å². The second-order valence-electron chi connectivity index (χ2n) is 7.10. The summed E-state index contributed by atoms with van der Waals surface area (Å²) < 4.78 is 6.03. The number of hydrogen-bond acceptors (Lipinski definition) is 4. The minimum Gasteiger partial charge on any atom is -0.373 e. The predicted molar refractivity (Wildman–Crippen MR) is 92.7 cm³/mol. The van der Waals surface area contributed by atoms with Gasteiger partial charge < -0.3 is 14.5 Å². The van der Waals surface area contributed by atoms with Crippen LogP contribution in [0, 0.1) is 0 Å². The molecule has 1 aliphatic rings. The number of pyridine rings is 1. The van der Waals surface area contributed by atoms with Gasteiger partial charge in [0.15, 0.2) is 0 Å². The lowest BCUT2D eigenvalue weighted by Crippen LogP contribution is -2.57. The van der Waals surface area contributed by atoms with Crippen LogP contribution in [0.4, 0.5) is 5.69 Å². The van der Waals surface area contributed by atoms with Gasteiger partial charge in [0.1, 0.15) is 0 Å². The number of nitrogens with zero attached hydrogens (tertiary/aromatic N) is 3. The molecule has 0 bridgehead atoms. The molecule has 1 saturated heterocycles. The fourth-order valence-corrected chi connectivity index (χ4v) is 2.68. The van der Waals surface area contributed by atoms with Gasteiger partial charge in [-0.3, -0.25) is 4.98 Å². The maximum Gasteiger partial charge on any atom is 0.0928 e. The van der Waals surface area contributed by atoms with Gasteiger partial charge in [0, 0.05) is 24.3 Å². The molecule has 124 valence electrons. The van der Waals surface area contributed by atoms with Gasteiger partial charge >= 0.3 is 0 Å².